The summed E-state index contributed by atoms with van der Waals surface area (Å²) >= 11 is 5.80. The molecular weight excluding hydrogens is 379 g/mol. The van der Waals surface area contributed by atoms with Crippen LogP contribution < -0.4 is 10.0 Å². The van der Waals surface area contributed by atoms with Crippen molar-refractivity contribution in [2.45, 2.75) is 13.0 Å². The van der Waals surface area contributed by atoms with E-state index < -0.39 is 21.9 Å². The summed E-state index contributed by atoms with van der Waals surface area (Å²) in [4.78, 5) is 12.0. The van der Waals surface area contributed by atoms with Crippen LogP contribution in [0.2, 0.25) is 5.02 Å². The SMILES string of the molecule is CC(NC(=O)C=Cc1ccc(Cl)cc1)c1ccc(NS(C)(=O)=O)c(F)c1. The van der Waals surface area contributed by atoms with Gasteiger partial charge in [0.25, 0.3) is 0 Å². The van der Waals surface area contributed by atoms with Crippen LogP contribution in [0.5, 0.6) is 0 Å². The monoisotopic (exact) mass is 396 g/mol. The van der Waals surface area contributed by atoms with Crippen molar-refractivity contribution < 1.29 is 17.6 Å². The number of rotatable bonds is 6. The third kappa shape index (κ3) is 6.16. The van der Waals surface area contributed by atoms with E-state index in [1.165, 1.54) is 18.2 Å². The van der Waals surface area contributed by atoms with Crippen molar-refractivity contribution in [3.05, 3.63) is 70.5 Å². The Morgan fingerprint density at radius 2 is 1.85 bits per heavy atom. The van der Waals surface area contributed by atoms with Gasteiger partial charge in [-0.05, 0) is 48.4 Å². The van der Waals surface area contributed by atoms with Crippen molar-refractivity contribution >= 4 is 39.3 Å². The third-order valence-corrected chi connectivity index (χ3v) is 4.29. The van der Waals surface area contributed by atoms with Gasteiger partial charge < -0.3 is 5.32 Å². The maximum atomic E-state index is 14.0. The molecule has 5 nitrogen and oxygen atoms in total. The Morgan fingerprint density at radius 1 is 1.19 bits per heavy atom. The van der Waals surface area contributed by atoms with E-state index in [0.29, 0.717) is 10.6 Å². The summed E-state index contributed by atoms with van der Waals surface area (Å²) in [5, 5.41) is 3.32. The normalized spacial score (nSPS) is 12.8. The summed E-state index contributed by atoms with van der Waals surface area (Å²) in [6.07, 6.45) is 3.95. The number of carbonyl (C=O) groups is 1. The van der Waals surface area contributed by atoms with Gasteiger partial charge in [0.05, 0.1) is 18.0 Å². The molecule has 0 aromatic heterocycles. The average molecular weight is 397 g/mol. The molecule has 0 saturated heterocycles. The standard InChI is InChI=1S/C18H18ClFN2O3S/c1-12(14-6-9-17(16(20)11-14)22-26(2,24)25)21-18(23)10-5-13-3-7-15(19)8-4-13/h3-12,22H,1-2H3,(H,21,23). The minimum atomic E-state index is -3.57. The molecule has 2 N–H and O–H groups in total. The van der Waals surface area contributed by atoms with Crippen LogP contribution in [0.15, 0.2) is 48.5 Å². The molecule has 0 heterocycles. The van der Waals surface area contributed by atoms with E-state index in [9.17, 15) is 17.6 Å². The predicted molar refractivity (Wildman–Crippen MR) is 102 cm³/mol. The van der Waals surface area contributed by atoms with Crippen LogP contribution >= 0.6 is 11.6 Å². The molecule has 2 aromatic carbocycles. The van der Waals surface area contributed by atoms with Gasteiger partial charge in [-0.1, -0.05) is 29.8 Å². The van der Waals surface area contributed by atoms with Crippen molar-refractivity contribution in [3.8, 4) is 0 Å². The lowest BCUT2D eigenvalue weighted by Crippen LogP contribution is -2.24. The Morgan fingerprint density at radius 3 is 2.42 bits per heavy atom. The van der Waals surface area contributed by atoms with Gasteiger partial charge in [-0.3, -0.25) is 9.52 Å². The van der Waals surface area contributed by atoms with Gasteiger partial charge in [-0.25, -0.2) is 12.8 Å². The molecular formula is C18H18ClFN2O3S. The van der Waals surface area contributed by atoms with Crippen LogP contribution in [0.1, 0.15) is 24.1 Å². The molecule has 0 spiro atoms. The Bertz CT molecular complexity index is 928. The summed E-state index contributed by atoms with van der Waals surface area (Å²) < 4.78 is 38.5. The summed E-state index contributed by atoms with van der Waals surface area (Å²) in [6.45, 7) is 1.70. The van der Waals surface area contributed by atoms with E-state index in [2.05, 4.69) is 10.0 Å². The highest BCUT2D eigenvalue weighted by Gasteiger charge is 2.12. The minimum absolute atomic E-state index is 0.141. The third-order valence-electron chi connectivity index (χ3n) is 3.44. The van der Waals surface area contributed by atoms with Crippen LogP contribution in [-0.2, 0) is 14.8 Å². The minimum Gasteiger partial charge on any atom is -0.346 e. The molecule has 138 valence electrons. The molecule has 1 amide bonds. The Balaban J connectivity index is 2.02. The summed E-state index contributed by atoms with van der Waals surface area (Å²) in [5.74, 6) is -1.06. The van der Waals surface area contributed by atoms with E-state index in [1.807, 2.05) is 0 Å². The summed E-state index contributed by atoms with van der Waals surface area (Å²) in [7, 11) is -3.57. The van der Waals surface area contributed by atoms with Crippen molar-refractivity contribution in [1.29, 1.82) is 0 Å². The number of halogens is 2. The number of carbonyl (C=O) groups excluding carboxylic acids is 1. The van der Waals surface area contributed by atoms with Crippen LogP contribution in [-0.4, -0.2) is 20.6 Å². The van der Waals surface area contributed by atoms with Crippen molar-refractivity contribution in [2.75, 3.05) is 11.0 Å². The van der Waals surface area contributed by atoms with Crippen molar-refractivity contribution in [1.82, 2.24) is 5.32 Å². The first-order valence-electron chi connectivity index (χ1n) is 7.65. The van der Waals surface area contributed by atoms with Gasteiger partial charge in [-0.2, -0.15) is 0 Å². The Kier molecular flexibility index (Phi) is 6.39. The number of nitrogens with one attached hydrogen (secondary N) is 2. The van der Waals surface area contributed by atoms with E-state index in [-0.39, 0.29) is 11.6 Å². The zero-order chi connectivity index (χ0) is 19.3. The van der Waals surface area contributed by atoms with Crippen LogP contribution in [0, 0.1) is 5.82 Å². The molecule has 0 aliphatic carbocycles. The van der Waals surface area contributed by atoms with Crippen LogP contribution in [0.4, 0.5) is 10.1 Å². The predicted octanol–water partition coefficient (Wildman–Crippen LogP) is 3.74. The number of amides is 1. The average Bonchev–Trinajstić information content (AvgIpc) is 2.55. The topological polar surface area (TPSA) is 75.3 Å². The molecule has 1 unspecified atom stereocenters. The summed E-state index contributed by atoms with van der Waals surface area (Å²) in [5.41, 5.74) is 1.19. The van der Waals surface area contributed by atoms with Crippen LogP contribution in [0.3, 0.4) is 0 Å². The fraction of sp³-hybridized carbons (Fsp3) is 0.167. The number of hydrogen-bond acceptors (Lipinski definition) is 3. The molecule has 0 bridgehead atoms. The lowest BCUT2D eigenvalue weighted by molar-refractivity contribution is -0.117. The van der Waals surface area contributed by atoms with Gasteiger partial charge >= 0.3 is 0 Å². The second-order valence-corrected chi connectivity index (χ2v) is 7.91. The van der Waals surface area contributed by atoms with E-state index >= 15 is 0 Å². The highest BCUT2D eigenvalue weighted by atomic mass is 35.5. The number of anilines is 1. The second-order valence-electron chi connectivity index (χ2n) is 5.73. The molecule has 0 aliphatic rings. The van der Waals surface area contributed by atoms with Gasteiger partial charge in [0.15, 0.2) is 0 Å². The molecule has 0 radical (unpaired) electrons. The van der Waals surface area contributed by atoms with Crippen molar-refractivity contribution in [3.63, 3.8) is 0 Å². The lowest BCUT2D eigenvalue weighted by Gasteiger charge is -2.14. The highest BCUT2D eigenvalue weighted by molar-refractivity contribution is 7.92. The van der Waals surface area contributed by atoms with Gasteiger partial charge in [-0.15, -0.1) is 0 Å². The molecule has 2 rings (SSSR count). The fourth-order valence-corrected chi connectivity index (χ4v) is 2.86. The fourth-order valence-electron chi connectivity index (χ4n) is 2.17. The maximum absolute atomic E-state index is 14.0. The maximum Gasteiger partial charge on any atom is 0.244 e. The second kappa shape index (κ2) is 8.33. The number of hydrogen-bond donors (Lipinski definition) is 2. The molecule has 1 atom stereocenters. The molecule has 8 heteroatoms. The Hall–Kier alpha value is -2.38. The van der Waals surface area contributed by atoms with Gasteiger partial charge in [0.1, 0.15) is 5.82 Å². The number of sulfonamides is 1. The van der Waals surface area contributed by atoms with Crippen LogP contribution in [0.25, 0.3) is 6.08 Å². The number of benzene rings is 2. The zero-order valence-corrected chi connectivity index (χ0v) is 15.7. The first-order chi connectivity index (χ1) is 12.1. The largest absolute Gasteiger partial charge is 0.346 e. The highest BCUT2D eigenvalue weighted by Crippen LogP contribution is 2.21. The van der Waals surface area contributed by atoms with E-state index in [4.69, 9.17) is 11.6 Å². The van der Waals surface area contributed by atoms with E-state index in [1.54, 1.807) is 43.3 Å². The smallest absolute Gasteiger partial charge is 0.244 e. The molecule has 2 aromatic rings. The van der Waals surface area contributed by atoms with Gasteiger partial charge in [0.2, 0.25) is 15.9 Å². The lowest BCUT2D eigenvalue weighted by atomic mass is 10.1. The van der Waals surface area contributed by atoms with E-state index in [0.717, 1.165) is 11.8 Å². The molecule has 0 fully saturated rings. The molecule has 0 aliphatic heterocycles. The summed E-state index contributed by atoms with van der Waals surface area (Å²) in [6, 6.07) is 10.6. The first kappa shape index (κ1) is 19.9. The molecule has 0 saturated carbocycles. The Labute approximate surface area is 156 Å². The molecule has 26 heavy (non-hydrogen) atoms. The zero-order valence-electron chi connectivity index (χ0n) is 14.2. The first-order valence-corrected chi connectivity index (χ1v) is 9.92. The van der Waals surface area contributed by atoms with Gasteiger partial charge in [0, 0.05) is 11.1 Å². The van der Waals surface area contributed by atoms with Crippen molar-refractivity contribution in [2.24, 2.45) is 0 Å². The quantitative estimate of drug-likeness (QED) is 0.730.